The van der Waals surface area contributed by atoms with Crippen LogP contribution in [0.4, 0.5) is 0 Å². The summed E-state index contributed by atoms with van der Waals surface area (Å²) in [6.45, 7) is 6.58. The average Bonchev–Trinajstić information content (AvgIpc) is 2.60. The number of aryl methyl sites for hydroxylation is 1. The van der Waals surface area contributed by atoms with Gasteiger partial charge in [-0.1, -0.05) is 11.6 Å². The van der Waals surface area contributed by atoms with Crippen LogP contribution in [0.3, 0.4) is 0 Å². The summed E-state index contributed by atoms with van der Waals surface area (Å²) >= 11 is 0. The largest absolute Gasteiger partial charge is 0.493 e. The molecule has 2 heteroatoms. The fourth-order valence-corrected chi connectivity index (χ4v) is 2.06. The Morgan fingerprint density at radius 1 is 1.56 bits per heavy atom. The van der Waals surface area contributed by atoms with Gasteiger partial charge in [-0.05, 0) is 43.0 Å². The molecule has 0 saturated carbocycles. The zero-order valence-corrected chi connectivity index (χ0v) is 9.83. The molecule has 0 aromatic heterocycles. The first-order chi connectivity index (χ1) is 7.66. The summed E-state index contributed by atoms with van der Waals surface area (Å²) < 4.78 is 5.68. The maximum absolute atomic E-state index is 5.98. The summed E-state index contributed by atoms with van der Waals surface area (Å²) in [5, 5.41) is 0. The van der Waals surface area contributed by atoms with E-state index < -0.39 is 0 Å². The standard InChI is InChI=1S/C14H19NO/c1-10(2)7-8-16-12-4-5-13-11(9-12)3-6-14(13)15/h4-5,9,14H,1,3,6-8,15H2,2H3. The Labute approximate surface area is 97.1 Å². The third-order valence-electron chi connectivity index (χ3n) is 3.04. The second-order valence-corrected chi connectivity index (χ2v) is 4.56. The summed E-state index contributed by atoms with van der Waals surface area (Å²) in [5.74, 6) is 0.953. The topological polar surface area (TPSA) is 35.2 Å². The smallest absolute Gasteiger partial charge is 0.119 e. The van der Waals surface area contributed by atoms with E-state index in [2.05, 4.69) is 18.7 Å². The van der Waals surface area contributed by atoms with Crippen molar-refractivity contribution in [1.82, 2.24) is 0 Å². The quantitative estimate of drug-likeness (QED) is 0.787. The van der Waals surface area contributed by atoms with Gasteiger partial charge in [0.1, 0.15) is 5.75 Å². The molecular weight excluding hydrogens is 198 g/mol. The molecule has 0 bridgehead atoms. The Bertz CT molecular complexity index is 398. The lowest BCUT2D eigenvalue weighted by Crippen LogP contribution is -2.05. The second-order valence-electron chi connectivity index (χ2n) is 4.56. The lowest BCUT2D eigenvalue weighted by Gasteiger charge is -2.09. The van der Waals surface area contributed by atoms with Crippen LogP contribution in [0.5, 0.6) is 5.75 Å². The first-order valence-corrected chi connectivity index (χ1v) is 5.82. The zero-order chi connectivity index (χ0) is 11.5. The molecule has 86 valence electrons. The minimum absolute atomic E-state index is 0.222. The lowest BCUT2D eigenvalue weighted by atomic mass is 10.1. The first kappa shape index (κ1) is 11.2. The van der Waals surface area contributed by atoms with E-state index in [1.165, 1.54) is 11.1 Å². The van der Waals surface area contributed by atoms with Crippen molar-refractivity contribution in [2.45, 2.75) is 32.2 Å². The highest BCUT2D eigenvalue weighted by molar-refractivity contribution is 5.40. The zero-order valence-electron chi connectivity index (χ0n) is 9.83. The molecule has 1 aliphatic carbocycles. The predicted octanol–water partition coefficient (Wildman–Crippen LogP) is 2.98. The summed E-state index contributed by atoms with van der Waals surface area (Å²) in [6, 6.07) is 6.46. The molecule has 2 rings (SSSR count). The van der Waals surface area contributed by atoms with Gasteiger partial charge in [0, 0.05) is 12.5 Å². The van der Waals surface area contributed by atoms with Gasteiger partial charge >= 0.3 is 0 Å². The summed E-state index contributed by atoms with van der Waals surface area (Å²) in [6.07, 6.45) is 3.05. The fourth-order valence-electron chi connectivity index (χ4n) is 2.06. The first-order valence-electron chi connectivity index (χ1n) is 5.82. The molecule has 1 aromatic rings. The Kier molecular flexibility index (Phi) is 3.30. The van der Waals surface area contributed by atoms with Crippen LogP contribution in [-0.4, -0.2) is 6.61 Å². The highest BCUT2D eigenvalue weighted by atomic mass is 16.5. The third kappa shape index (κ3) is 2.45. The molecule has 2 N–H and O–H groups in total. The molecule has 0 saturated heterocycles. The third-order valence-corrected chi connectivity index (χ3v) is 3.04. The normalized spacial score (nSPS) is 18.2. The van der Waals surface area contributed by atoms with E-state index in [0.29, 0.717) is 6.61 Å². The summed E-state index contributed by atoms with van der Waals surface area (Å²) in [7, 11) is 0. The SMILES string of the molecule is C=C(C)CCOc1ccc2c(c1)CCC2N. The fraction of sp³-hybridized carbons (Fsp3) is 0.429. The maximum atomic E-state index is 5.98. The van der Waals surface area contributed by atoms with Crippen LogP contribution in [-0.2, 0) is 6.42 Å². The van der Waals surface area contributed by atoms with Crippen LogP contribution in [0.25, 0.3) is 0 Å². The molecule has 16 heavy (non-hydrogen) atoms. The molecular formula is C14H19NO. The molecule has 1 unspecified atom stereocenters. The van der Waals surface area contributed by atoms with E-state index in [4.69, 9.17) is 10.5 Å². The Hall–Kier alpha value is -1.28. The van der Waals surface area contributed by atoms with Crippen molar-refractivity contribution in [3.8, 4) is 5.75 Å². The van der Waals surface area contributed by atoms with Crippen molar-refractivity contribution in [3.05, 3.63) is 41.5 Å². The van der Waals surface area contributed by atoms with Gasteiger partial charge in [-0.25, -0.2) is 0 Å². The van der Waals surface area contributed by atoms with Crippen molar-refractivity contribution in [1.29, 1.82) is 0 Å². The van der Waals surface area contributed by atoms with Crippen LogP contribution in [0.2, 0.25) is 0 Å². The van der Waals surface area contributed by atoms with Gasteiger partial charge in [0.2, 0.25) is 0 Å². The summed E-state index contributed by atoms with van der Waals surface area (Å²) in [4.78, 5) is 0. The van der Waals surface area contributed by atoms with Crippen LogP contribution < -0.4 is 10.5 Å². The van der Waals surface area contributed by atoms with Crippen LogP contribution in [0.1, 0.15) is 36.9 Å². The molecule has 0 heterocycles. The average molecular weight is 217 g/mol. The van der Waals surface area contributed by atoms with Crippen molar-refractivity contribution >= 4 is 0 Å². The van der Waals surface area contributed by atoms with Crippen LogP contribution in [0.15, 0.2) is 30.4 Å². The number of rotatable bonds is 4. The highest BCUT2D eigenvalue weighted by Gasteiger charge is 2.18. The molecule has 2 nitrogen and oxygen atoms in total. The number of benzene rings is 1. The van der Waals surface area contributed by atoms with Crippen LogP contribution in [0, 0.1) is 0 Å². The van der Waals surface area contributed by atoms with E-state index in [0.717, 1.165) is 30.6 Å². The van der Waals surface area contributed by atoms with Gasteiger partial charge in [-0.15, -0.1) is 6.58 Å². The number of hydrogen-bond donors (Lipinski definition) is 1. The van der Waals surface area contributed by atoms with E-state index >= 15 is 0 Å². The van der Waals surface area contributed by atoms with E-state index in [-0.39, 0.29) is 6.04 Å². The van der Waals surface area contributed by atoms with Crippen LogP contribution >= 0.6 is 0 Å². The highest BCUT2D eigenvalue weighted by Crippen LogP contribution is 2.31. The van der Waals surface area contributed by atoms with Gasteiger partial charge in [-0.3, -0.25) is 0 Å². The second kappa shape index (κ2) is 4.71. The molecule has 1 atom stereocenters. The molecule has 0 radical (unpaired) electrons. The minimum Gasteiger partial charge on any atom is -0.493 e. The summed E-state index contributed by atoms with van der Waals surface area (Å²) in [5.41, 5.74) is 9.77. The monoisotopic (exact) mass is 217 g/mol. The van der Waals surface area contributed by atoms with Crippen molar-refractivity contribution in [3.63, 3.8) is 0 Å². The van der Waals surface area contributed by atoms with E-state index in [1.807, 2.05) is 13.0 Å². The van der Waals surface area contributed by atoms with Gasteiger partial charge in [0.05, 0.1) is 6.61 Å². The minimum atomic E-state index is 0.222. The number of nitrogens with two attached hydrogens (primary N) is 1. The number of ether oxygens (including phenoxy) is 1. The molecule has 0 spiro atoms. The van der Waals surface area contributed by atoms with Crippen molar-refractivity contribution in [2.75, 3.05) is 6.61 Å². The molecule has 0 amide bonds. The Morgan fingerprint density at radius 3 is 3.12 bits per heavy atom. The van der Waals surface area contributed by atoms with Gasteiger partial charge in [-0.2, -0.15) is 0 Å². The Morgan fingerprint density at radius 2 is 2.38 bits per heavy atom. The Balaban J connectivity index is 1.99. The molecule has 0 aliphatic heterocycles. The van der Waals surface area contributed by atoms with Gasteiger partial charge in [0.15, 0.2) is 0 Å². The molecule has 0 fully saturated rings. The van der Waals surface area contributed by atoms with Gasteiger partial charge < -0.3 is 10.5 Å². The molecule has 1 aliphatic rings. The maximum Gasteiger partial charge on any atom is 0.119 e. The van der Waals surface area contributed by atoms with Crippen molar-refractivity contribution in [2.24, 2.45) is 5.73 Å². The number of fused-ring (bicyclic) bond motifs is 1. The lowest BCUT2D eigenvalue weighted by molar-refractivity contribution is 0.321. The predicted molar refractivity (Wildman–Crippen MR) is 66.6 cm³/mol. The van der Waals surface area contributed by atoms with Crippen molar-refractivity contribution < 1.29 is 4.74 Å². The number of hydrogen-bond acceptors (Lipinski definition) is 2. The van der Waals surface area contributed by atoms with E-state index in [1.54, 1.807) is 0 Å². The van der Waals surface area contributed by atoms with Gasteiger partial charge in [0.25, 0.3) is 0 Å². The molecule has 1 aromatic carbocycles. The van der Waals surface area contributed by atoms with E-state index in [9.17, 15) is 0 Å².